The molecule has 1 fully saturated rings. The summed E-state index contributed by atoms with van der Waals surface area (Å²) >= 11 is 0. The fourth-order valence-corrected chi connectivity index (χ4v) is 2.25. The molecule has 0 radical (unpaired) electrons. The predicted octanol–water partition coefficient (Wildman–Crippen LogP) is -2.64. The Morgan fingerprint density at radius 2 is 2.00 bits per heavy atom. The highest BCUT2D eigenvalue weighted by molar-refractivity contribution is 6.03. The van der Waals surface area contributed by atoms with E-state index in [1.165, 1.54) is 0 Å². The lowest BCUT2D eigenvalue weighted by Crippen LogP contribution is -2.47. The van der Waals surface area contributed by atoms with Crippen LogP contribution in [0.3, 0.4) is 0 Å². The number of carboxylic acid groups (broad SMARTS) is 1. The Hall–Kier alpha value is -2.00. The zero-order valence-electron chi connectivity index (χ0n) is 11.5. The zero-order chi connectivity index (χ0) is 16.2. The maximum Gasteiger partial charge on any atom is 0.326 e. The quantitative estimate of drug-likeness (QED) is 0.321. The van der Waals surface area contributed by atoms with Crippen LogP contribution in [0.15, 0.2) is 0 Å². The van der Waals surface area contributed by atoms with E-state index in [9.17, 15) is 24.3 Å². The Balaban J connectivity index is 2.80. The lowest BCUT2D eigenvalue weighted by atomic mass is 9.90. The predicted molar refractivity (Wildman–Crippen MR) is 70.0 cm³/mol. The number of rotatable bonds is 7. The molecule has 0 aromatic rings. The van der Waals surface area contributed by atoms with Gasteiger partial charge in [0.2, 0.25) is 11.8 Å². The summed E-state index contributed by atoms with van der Waals surface area (Å²) in [7, 11) is 0. The van der Waals surface area contributed by atoms with Gasteiger partial charge in [0, 0.05) is 13.5 Å². The first-order valence-electron chi connectivity index (χ1n) is 6.46. The van der Waals surface area contributed by atoms with Gasteiger partial charge in [-0.1, -0.05) is 0 Å². The minimum atomic E-state index is -1.38. The van der Waals surface area contributed by atoms with Gasteiger partial charge in [0.05, 0.1) is 12.1 Å². The maximum atomic E-state index is 12.2. The van der Waals surface area contributed by atoms with Gasteiger partial charge in [-0.15, -0.1) is 0 Å². The summed E-state index contributed by atoms with van der Waals surface area (Å²) in [6, 6.07) is -2.13. The highest BCUT2D eigenvalue weighted by Crippen LogP contribution is 2.16. The highest BCUT2D eigenvalue weighted by atomic mass is 16.4. The number of hydrogen-bond acceptors (Lipinski definition) is 6. The molecule has 0 aromatic carbocycles. The third-order valence-corrected chi connectivity index (χ3v) is 3.28. The second-order valence-corrected chi connectivity index (χ2v) is 5.03. The molecule has 1 rings (SSSR count). The van der Waals surface area contributed by atoms with Gasteiger partial charge in [-0.25, -0.2) is 4.79 Å². The Bertz CT molecular complexity index is 452. The minimum Gasteiger partial charge on any atom is -0.480 e. The lowest BCUT2D eigenvalue weighted by Gasteiger charge is -2.20. The van der Waals surface area contributed by atoms with E-state index in [1.54, 1.807) is 0 Å². The molecule has 1 heterocycles. The molecular weight excluding hydrogens is 282 g/mol. The van der Waals surface area contributed by atoms with Crippen LogP contribution in [0.4, 0.5) is 0 Å². The van der Waals surface area contributed by atoms with Crippen molar-refractivity contribution in [2.24, 2.45) is 11.7 Å². The fraction of sp³-hybridized carbons (Fsp3) is 0.667. The molecule has 0 aliphatic carbocycles. The number of aliphatic hydroxyl groups excluding tert-OH is 1. The molecule has 9 heteroatoms. The number of aliphatic carboxylic acids is 1. The SMILES string of the molecule is CC(=O)N[C@@H](CC(C(N)=O)C(=O)[C@@H]1C[C@@H](O)CN1)C(=O)O. The average Bonchev–Trinajstić information content (AvgIpc) is 2.79. The summed E-state index contributed by atoms with van der Waals surface area (Å²) in [6.45, 7) is 1.35. The van der Waals surface area contributed by atoms with Crippen molar-refractivity contribution in [3.63, 3.8) is 0 Å². The molecule has 2 amide bonds. The molecule has 0 spiro atoms. The number of aliphatic hydroxyl groups is 1. The van der Waals surface area contributed by atoms with Crippen molar-refractivity contribution in [3.8, 4) is 0 Å². The van der Waals surface area contributed by atoms with Crippen molar-refractivity contribution < 1.29 is 29.4 Å². The van der Waals surface area contributed by atoms with Crippen LogP contribution in [-0.4, -0.2) is 58.5 Å². The molecule has 1 aliphatic heterocycles. The highest BCUT2D eigenvalue weighted by Gasteiger charge is 2.38. The van der Waals surface area contributed by atoms with Crippen LogP contribution < -0.4 is 16.4 Å². The summed E-state index contributed by atoms with van der Waals surface area (Å²) in [5.74, 6) is -4.83. The van der Waals surface area contributed by atoms with E-state index in [0.29, 0.717) is 0 Å². The van der Waals surface area contributed by atoms with Crippen molar-refractivity contribution in [2.75, 3.05) is 6.54 Å². The standard InChI is InChI=1S/C12H19N3O6/c1-5(16)15-9(12(20)21)3-7(11(13)19)10(18)8-2-6(17)4-14-8/h6-9,14,17H,2-4H2,1H3,(H2,13,19)(H,15,16)(H,20,21)/t6-,7?,8+,9+/m1/s1. The van der Waals surface area contributed by atoms with Gasteiger partial charge in [-0.3, -0.25) is 14.4 Å². The molecule has 6 N–H and O–H groups in total. The Labute approximate surface area is 120 Å². The molecule has 9 nitrogen and oxygen atoms in total. The second-order valence-electron chi connectivity index (χ2n) is 5.03. The number of Topliss-reactive ketones (excluding diaryl/α,β-unsaturated/α-hetero) is 1. The van der Waals surface area contributed by atoms with Gasteiger partial charge in [0.1, 0.15) is 12.0 Å². The van der Waals surface area contributed by atoms with Crippen LogP contribution in [-0.2, 0) is 19.2 Å². The average molecular weight is 301 g/mol. The summed E-state index contributed by atoms with van der Waals surface area (Å²) in [6.07, 6.45) is -0.976. The third-order valence-electron chi connectivity index (χ3n) is 3.28. The number of carboxylic acids is 1. The molecule has 1 unspecified atom stereocenters. The number of amides is 2. The molecule has 0 aromatic heterocycles. The normalized spacial score (nSPS) is 24.1. The molecule has 4 atom stereocenters. The maximum absolute atomic E-state index is 12.2. The van der Waals surface area contributed by atoms with Crippen molar-refractivity contribution >= 4 is 23.6 Å². The number of nitrogens with two attached hydrogens (primary N) is 1. The first kappa shape index (κ1) is 17.1. The Kier molecular flexibility index (Phi) is 5.79. The van der Waals surface area contributed by atoms with E-state index < -0.39 is 54.1 Å². The third kappa shape index (κ3) is 4.80. The smallest absolute Gasteiger partial charge is 0.326 e. The number of β-amino-alcohol motifs (C(OH)–C–C–N with tert-alkyl or cyclic N) is 1. The first-order valence-corrected chi connectivity index (χ1v) is 6.46. The molecular formula is C12H19N3O6. The number of hydrogen-bond donors (Lipinski definition) is 5. The molecule has 0 bridgehead atoms. The fourth-order valence-electron chi connectivity index (χ4n) is 2.25. The largest absolute Gasteiger partial charge is 0.480 e. The molecule has 1 saturated heterocycles. The van der Waals surface area contributed by atoms with Crippen LogP contribution in [0.1, 0.15) is 19.8 Å². The van der Waals surface area contributed by atoms with E-state index in [2.05, 4.69) is 10.6 Å². The molecule has 0 saturated carbocycles. The van der Waals surface area contributed by atoms with Crippen LogP contribution in [0.2, 0.25) is 0 Å². The minimum absolute atomic E-state index is 0.139. The zero-order valence-corrected chi connectivity index (χ0v) is 11.5. The number of primary amides is 1. The van der Waals surface area contributed by atoms with E-state index >= 15 is 0 Å². The van der Waals surface area contributed by atoms with E-state index in [0.717, 1.165) is 6.92 Å². The molecule has 118 valence electrons. The van der Waals surface area contributed by atoms with Gasteiger partial charge in [-0.2, -0.15) is 0 Å². The van der Waals surface area contributed by atoms with Crippen LogP contribution >= 0.6 is 0 Å². The van der Waals surface area contributed by atoms with E-state index in [-0.39, 0.29) is 13.0 Å². The molecule has 1 aliphatic rings. The second kappa shape index (κ2) is 7.14. The van der Waals surface area contributed by atoms with Crippen LogP contribution in [0.25, 0.3) is 0 Å². The van der Waals surface area contributed by atoms with Crippen molar-refractivity contribution in [1.82, 2.24) is 10.6 Å². The van der Waals surface area contributed by atoms with Gasteiger partial charge in [0.15, 0.2) is 5.78 Å². The summed E-state index contributed by atoms with van der Waals surface area (Å²) in [4.78, 5) is 45.6. The Morgan fingerprint density at radius 3 is 2.38 bits per heavy atom. The lowest BCUT2D eigenvalue weighted by molar-refractivity contribution is -0.143. The van der Waals surface area contributed by atoms with Gasteiger partial charge in [-0.05, 0) is 12.8 Å². The summed E-state index contributed by atoms with van der Waals surface area (Å²) in [5, 5.41) is 23.3. The number of nitrogens with one attached hydrogen (secondary N) is 2. The first-order chi connectivity index (χ1) is 9.72. The topological polar surface area (TPSA) is 159 Å². The van der Waals surface area contributed by atoms with Crippen molar-refractivity contribution in [2.45, 2.75) is 38.0 Å². The Morgan fingerprint density at radius 1 is 1.38 bits per heavy atom. The van der Waals surface area contributed by atoms with Gasteiger partial charge >= 0.3 is 5.97 Å². The van der Waals surface area contributed by atoms with E-state index in [1.807, 2.05) is 0 Å². The van der Waals surface area contributed by atoms with Crippen LogP contribution in [0.5, 0.6) is 0 Å². The van der Waals surface area contributed by atoms with Gasteiger partial charge in [0.25, 0.3) is 0 Å². The number of ketones is 1. The van der Waals surface area contributed by atoms with E-state index in [4.69, 9.17) is 10.8 Å². The number of carbonyl (C=O) groups is 4. The van der Waals surface area contributed by atoms with Crippen molar-refractivity contribution in [1.29, 1.82) is 0 Å². The van der Waals surface area contributed by atoms with Gasteiger partial charge < -0.3 is 26.6 Å². The molecule has 21 heavy (non-hydrogen) atoms. The monoisotopic (exact) mass is 301 g/mol. The number of carbonyl (C=O) groups excluding carboxylic acids is 3. The van der Waals surface area contributed by atoms with Crippen molar-refractivity contribution in [3.05, 3.63) is 0 Å². The summed E-state index contributed by atoms with van der Waals surface area (Å²) < 4.78 is 0. The van der Waals surface area contributed by atoms with Crippen LogP contribution in [0, 0.1) is 5.92 Å². The summed E-state index contributed by atoms with van der Waals surface area (Å²) in [5.41, 5.74) is 5.16.